The molecule has 0 saturated carbocycles. The van der Waals surface area contributed by atoms with Gasteiger partial charge in [-0.05, 0) is 19.1 Å². The molecule has 0 aliphatic heterocycles. The van der Waals surface area contributed by atoms with Gasteiger partial charge in [0.2, 0.25) is 0 Å². The van der Waals surface area contributed by atoms with Crippen molar-refractivity contribution in [2.45, 2.75) is 12.5 Å². The van der Waals surface area contributed by atoms with Gasteiger partial charge in [-0.3, -0.25) is 5.32 Å². The van der Waals surface area contributed by atoms with E-state index in [0.29, 0.717) is 0 Å². The Bertz CT molecular complexity index is 484. The minimum Gasteiger partial charge on any atom is -0.480 e. The highest BCUT2D eigenvalue weighted by Gasteiger charge is 2.36. The molecule has 0 spiro atoms. The first-order valence-electron chi connectivity index (χ1n) is 4.79. The van der Waals surface area contributed by atoms with Gasteiger partial charge in [-0.1, -0.05) is 23.6 Å². The number of rotatable bonds is 4. The quantitative estimate of drug-likeness (QED) is 0.809. The zero-order chi connectivity index (χ0) is 13.1. The number of terminal acetylenes is 1. The molecule has 1 unspecified atom stereocenters. The Kier molecular flexibility index (Phi) is 4.11. The van der Waals surface area contributed by atoms with E-state index in [1.807, 2.05) is 0 Å². The number of aliphatic carboxylic acids is 1. The molecule has 1 aromatic carbocycles. The van der Waals surface area contributed by atoms with Crippen LogP contribution in [0.25, 0.3) is 0 Å². The van der Waals surface area contributed by atoms with Gasteiger partial charge in [0.05, 0.1) is 6.54 Å². The van der Waals surface area contributed by atoms with Gasteiger partial charge in [-0.25, -0.2) is 9.18 Å². The summed E-state index contributed by atoms with van der Waals surface area (Å²) in [5, 5.41) is 11.9. The number of carboxylic acids is 1. The minimum atomic E-state index is -1.45. The van der Waals surface area contributed by atoms with E-state index in [9.17, 15) is 14.3 Å². The maximum Gasteiger partial charge on any atom is 0.328 e. The van der Waals surface area contributed by atoms with E-state index in [1.54, 1.807) is 0 Å². The van der Waals surface area contributed by atoms with Gasteiger partial charge < -0.3 is 5.11 Å². The number of benzene rings is 1. The number of hydrogen-bond acceptors (Lipinski definition) is 2. The molecule has 1 rings (SSSR count). The van der Waals surface area contributed by atoms with Crippen molar-refractivity contribution < 1.29 is 14.3 Å². The smallest absolute Gasteiger partial charge is 0.328 e. The molecule has 0 saturated heterocycles. The van der Waals surface area contributed by atoms with Crippen LogP contribution in [0.4, 0.5) is 4.39 Å². The molecular formula is C12H11ClFNO2. The Morgan fingerprint density at radius 3 is 2.82 bits per heavy atom. The monoisotopic (exact) mass is 255 g/mol. The highest BCUT2D eigenvalue weighted by atomic mass is 35.5. The molecule has 1 aromatic rings. The van der Waals surface area contributed by atoms with Crippen molar-refractivity contribution in [3.8, 4) is 12.3 Å². The molecule has 0 aliphatic rings. The lowest BCUT2D eigenvalue weighted by Crippen LogP contribution is -2.47. The van der Waals surface area contributed by atoms with Crippen LogP contribution in [0.2, 0.25) is 5.02 Å². The maximum absolute atomic E-state index is 12.9. The summed E-state index contributed by atoms with van der Waals surface area (Å²) in [5.41, 5.74) is -1.18. The van der Waals surface area contributed by atoms with Crippen LogP contribution in [-0.2, 0) is 10.3 Å². The van der Waals surface area contributed by atoms with Crippen LogP contribution in [-0.4, -0.2) is 17.6 Å². The maximum atomic E-state index is 12.9. The Hall–Kier alpha value is -1.57. The summed E-state index contributed by atoms with van der Waals surface area (Å²) < 4.78 is 12.9. The van der Waals surface area contributed by atoms with Crippen molar-refractivity contribution in [3.05, 3.63) is 34.6 Å². The van der Waals surface area contributed by atoms with Crippen molar-refractivity contribution in [3.63, 3.8) is 0 Å². The van der Waals surface area contributed by atoms with Crippen LogP contribution in [0.5, 0.6) is 0 Å². The van der Waals surface area contributed by atoms with E-state index in [-0.39, 0.29) is 17.1 Å². The van der Waals surface area contributed by atoms with Gasteiger partial charge in [0, 0.05) is 10.6 Å². The topological polar surface area (TPSA) is 49.3 Å². The number of carboxylic acid groups (broad SMARTS) is 1. The fourth-order valence-electron chi connectivity index (χ4n) is 1.41. The normalized spacial score (nSPS) is 13.8. The summed E-state index contributed by atoms with van der Waals surface area (Å²) in [5.74, 6) is 0.625. The van der Waals surface area contributed by atoms with E-state index in [2.05, 4.69) is 11.2 Å². The second kappa shape index (κ2) is 5.17. The Morgan fingerprint density at radius 1 is 1.71 bits per heavy atom. The number of halogens is 2. The molecule has 5 heteroatoms. The first-order valence-corrected chi connectivity index (χ1v) is 5.17. The number of nitrogens with one attached hydrogen (secondary N) is 1. The molecule has 90 valence electrons. The third-order valence-corrected chi connectivity index (χ3v) is 2.75. The average Bonchev–Trinajstić information content (AvgIpc) is 2.25. The van der Waals surface area contributed by atoms with Crippen molar-refractivity contribution in [2.75, 3.05) is 6.54 Å². The third-order valence-electron chi connectivity index (χ3n) is 2.44. The molecular weight excluding hydrogens is 245 g/mol. The Morgan fingerprint density at radius 2 is 2.35 bits per heavy atom. The molecule has 2 N–H and O–H groups in total. The van der Waals surface area contributed by atoms with E-state index in [0.717, 1.165) is 12.1 Å². The fraction of sp³-hybridized carbons (Fsp3) is 0.250. The summed E-state index contributed by atoms with van der Waals surface area (Å²) >= 11 is 5.84. The van der Waals surface area contributed by atoms with E-state index >= 15 is 0 Å². The lowest BCUT2D eigenvalue weighted by Gasteiger charge is -2.26. The SMILES string of the molecule is C#CCNC(C)(C(=O)O)c1ccc(F)cc1Cl. The largest absolute Gasteiger partial charge is 0.480 e. The average molecular weight is 256 g/mol. The van der Waals surface area contributed by atoms with Gasteiger partial charge in [0.25, 0.3) is 0 Å². The highest BCUT2D eigenvalue weighted by Crippen LogP contribution is 2.29. The van der Waals surface area contributed by atoms with E-state index in [4.69, 9.17) is 18.0 Å². The predicted octanol–water partition coefficient (Wildman–Crippen LogP) is 2.00. The Balaban J connectivity index is 3.23. The zero-order valence-electron chi connectivity index (χ0n) is 9.13. The second-order valence-electron chi connectivity index (χ2n) is 3.61. The molecule has 17 heavy (non-hydrogen) atoms. The van der Waals surface area contributed by atoms with Crippen LogP contribution < -0.4 is 5.32 Å². The zero-order valence-corrected chi connectivity index (χ0v) is 9.88. The van der Waals surface area contributed by atoms with Crippen LogP contribution in [0.3, 0.4) is 0 Å². The molecule has 0 amide bonds. The molecule has 0 fully saturated rings. The van der Waals surface area contributed by atoms with E-state index in [1.165, 1.54) is 13.0 Å². The third kappa shape index (κ3) is 2.76. The molecule has 1 atom stereocenters. The lowest BCUT2D eigenvalue weighted by molar-refractivity contribution is -0.144. The van der Waals surface area contributed by atoms with Gasteiger partial charge in [-0.15, -0.1) is 6.42 Å². The van der Waals surface area contributed by atoms with Crippen molar-refractivity contribution in [1.29, 1.82) is 0 Å². The Labute approximate surface area is 104 Å². The fourth-order valence-corrected chi connectivity index (χ4v) is 1.77. The second-order valence-corrected chi connectivity index (χ2v) is 4.02. The molecule has 0 aromatic heterocycles. The predicted molar refractivity (Wildman–Crippen MR) is 63.2 cm³/mol. The number of hydrogen-bond donors (Lipinski definition) is 2. The molecule has 0 bridgehead atoms. The van der Waals surface area contributed by atoms with Crippen LogP contribution in [0, 0.1) is 18.2 Å². The molecule has 0 heterocycles. The summed E-state index contributed by atoms with van der Waals surface area (Å²) in [7, 11) is 0. The van der Waals surface area contributed by atoms with Crippen molar-refractivity contribution >= 4 is 17.6 Å². The molecule has 0 aliphatic carbocycles. The standard InChI is InChI=1S/C12H11ClFNO2/c1-3-6-15-12(2,11(16)17)9-5-4-8(14)7-10(9)13/h1,4-5,7,15H,6H2,2H3,(H,16,17). The van der Waals surface area contributed by atoms with Crippen LogP contribution >= 0.6 is 11.6 Å². The van der Waals surface area contributed by atoms with E-state index < -0.39 is 17.3 Å². The lowest BCUT2D eigenvalue weighted by atomic mass is 9.92. The van der Waals surface area contributed by atoms with Gasteiger partial charge >= 0.3 is 5.97 Å². The number of carbonyl (C=O) groups is 1. The summed E-state index contributed by atoms with van der Waals surface area (Å²) in [6.07, 6.45) is 5.08. The summed E-state index contributed by atoms with van der Waals surface area (Å²) in [4.78, 5) is 11.3. The van der Waals surface area contributed by atoms with Crippen LogP contribution in [0.1, 0.15) is 12.5 Å². The van der Waals surface area contributed by atoms with Crippen molar-refractivity contribution in [1.82, 2.24) is 5.32 Å². The minimum absolute atomic E-state index is 0.0411. The first kappa shape index (κ1) is 13.5. The molecule has 0 radical (unpaired) electrons. The van der Waals surface area contributed by atoms with Gasteiger partial charge in [-0.2, -0.15) is 0 Å². The van der Waals surface area contributed by atoms with Crippen LogP contribution in [0.15, 0.2) is 18.2 Å². The highest BCUT2D eigenvalue weighted by molar-refractivity contribution is 6.31. The molecule has 3 nitrogen and oxygen atoms in total. The summed E-state index contributed by atoms with van der Waals surface area (Å²) in [6.45, 7) is 1.49. The van der Waals surface area contributed by atoms with Crippen molar-refractivity contribution in [2.24, 2.45) is 0 Å². The first-order chi connectivity index (χ1) is 7.91. The summed E-state index contributed by atoms with van der Waals surface area (Å²) in [6, 6.07) is 3.55. The van der Waals surface area contributed by atoms with Gasteiger partial charge in [0.15, 0.2) is 0 Å². The van der Waals surface area contributed by atoms with Gasteiger partial charge in [0.1, 0.15) is 11.4 Å².